The molecule has 7 heavy (non-hydrogen) atoms. The van der Waals surface area contributed by atoms with Crippen molar-refractivity contribution in [2.75, 3.05) is 0 Å². The van der Waals surface area contributed by atoms with Crippen molar-refractivity contribution >= 4 is 10.1 Å². The molecule has 0 aromatic carbocycles. The quantitative estimate of drug-likeness (QED) is 0.452. The first-order valence-electron chi connectivity index (χ1n) is 1.42. The maximum absolute atomic E-state index is 9.62. The molecular weight excluding hydrogens is 118 g/mol. The minimum Gasteiger partial charge on any atom is -0.404 e. The van der Waals surface area contributed by atoms with Crippen LogP contribution in [0.2, 0.25) is 0 Å². The molecular formula is C2H5NO3S. The molecule has 0 bridgehead atoms. The Hall–Kier alpha value is -0.550. The number of hydrogen-bond acceptors (Lipinski definition) is 3. The van der Waals surface area contributed by atoms with Crippen LogP contribution in [-0.2, 0) is 10.1 Å². The molecule has 0 fully saturated rings. The fourth-order valence-corrected chi connectivity index (χ4v) is 0.298. The van der Waals surface area contributed by atoms with Gasteiger partial charge in [-0.2, -0.15) is 8.42 Å². The van der Waals surface area contributed by atoms with E-state index in [1.807, 2.05) is 0 Å². The van der Waals surface area contributed by atoms with Gasteiger partial charge in [0.2, 0.25) is 0 Å². The monoisotopic (exact) mass is 123 g/mol. The summed E-state index contributed by atoms with van der Waals surface area (Å²) < 4.78 is 27.1. The van der Waals surface area contributed by atoms with Crippen LogP contribution in [0.4, 0.5) is 0 Å². The van der Waals surface area contributed by atoms with E-state index < -0.39 is 10.1 Å². The van der Waals surface area contributed by atoms with Crippen molar-refractivity contribution in [3.63, 3.8) is 0 Å². The third-order valence-corrected chi connectivity index (χ3v) is 0.752. The van der Waals surface area contributed by atoms with Crippen LogP contribution in [0, 0.1) is 0 Å². The average molecular weight is 123 g/mol. The standard InChI is InChI=1S/C2H5NO3S/c3-1-2-7(4,5)6/h1-2H,3H2,(H,4,5,6)/b2-1-. The van der Waals surface area contributed by atoms with Crippen molar-refractivity contribution in [3.8, 4) is 0 Å². The van der Waals surface area contributed by atoms with Crippen LogP contribution in [0.1, 0.15) is 0 Å². The van der Waals surface area contributed by atoms with Crippen molar-refractivity contribution in [2.24, 2.45) is 5.73 Å². The molecule has 0 aliphatic rings. The summed E-state index contributed by atoms with van der Waals surface area (Å²) in [6.45, 7) is 0. The Balaban J connectivity index is 4.13. The van der Waals surface area contributed by atoms with Crippen LogP contribution in [0.3, 0.4) is 0 Å². The highest BCUT2D eigenvalue weighted by Crippen LogP contribution is 1.78. The van der Waals surface area contributed by atoms with E-state index in [1.165, 1.54) is 0 Å². The second-order valence-corrected chi connectivity index (χ2v) is 2.15. The van der Waals surface area contributed by atoms with Gasteiger partial charge in [0.25, 0.3) is 10.1 Å². The van der Waals surface area contributed by atoms with Crippen LogP contribution in [-0.4, -0.2) is 13.0 Å². The highest BCUT2D eigenvalue weighted by atomic mass is 32.2. The molecule has 42 valence electrons. The third kappa shape index (κ3) is 5.45. The third-order valence-electron chi connectivity index (χ3n) is 0.251. The molecule has 0 rings (SSSR count). The Morgan fingerprint density at radius 2 is 2.00 bits per heavy atom. The molecule has 0 aliphatic heterocycles. The maximum Gasteiger partial charge on any atom is 0.289 e. The van der Waals surface area contributed by atoms with Crippen molar-refractivity contribution in [2.45, 2.75) is 0 Å². The predicted octanol–water partition coefficient (Wildman–Crippen LogP) is -0.696. The van der Waals surface area contributed by atoms with E-state index in [9.17, 15) is 8.42 Å². The fraction of sp³-hybridized carbons (Fsp3) is 0. The van der Waals surface area contributed by atoms with Crippen molar-refractivity contribution in [3.05, 3.63) is 11.6 Å². The van der Waals surface area contributed by atoms with Crippen LogP contribution in [0.25, 0.3) is 0 Å². The van der Waals surface area contributed by atoms with Crippen molar-refractivity contribution in [1.82, 2.24) is 0 Å². The first-order valence-corrected chi connectivity index (χ1v) is 2.92. The molecule has 0 amide bonds. The van der Waals surface area contributed by atoms with Gasteiger partial charge in [0.1, 0.15) is 0 Å². The zero-order valence-corrected chi connectivity index (χ0v) is 4.22. The first-order chi connectivity index (χ1) is 3.06. The molecule has 0 aromatic rings. The molecule has 0 aromatic heterocycles. The maximum atomic E-state index is 9.62. The smallest absolute Gasteiger partial charge is 0.289 e. The summed E-state index contributed by atoms with van der Waals surface area (Å²) in [6.07, 6.45) is 0.745. The van der Waals surface area contributed by atoms with Crippen LogP contribution in [0.15, 0.2) is 11.6 Å². The van der Waals surface area contributed by atoms with Gasteiger partial charge in [-0.05, 0) is 0 Å². The highest BCUT2D eigenvalue weighted by molar-refractivity contribution is 7.88. The number of hydrogen-bond donors (Lipinski definition) is 2. The molecule has 0 heterocycles. The Morgan fingerprint density at radius 1 is 1.57 bits per heavy atom. The van der Waals surface area contributed by atoms with Gasteiger partial charge in [-0.3, -0.25) is 4.55 Å². The van der Waals surface area contributed by atoms with E-state index in [4.69, 9.17) is 4.55 Å². The Kier molecular flexibility index (Phi) is 1.79. The SMILES string of the molecule is N/C=C\S(=O)(=O)O. The lowest BCUT2D eigenvalue weighted by Crippen LogP contribution is -1.91. The van der Waals surface area contributed by atoms with E-state index in [2.05, 4.69) is 5.73 Å². The lowest BCUT2D eigenvalue weighted by molar-refractivity contribution is 0.494. The second kappa shape index (κ2) is 1.94. The summed E-state index contributed by atoms with van der Waals surface area (Å²) in [5.74, 6) is 0. The van der Waals surface area contributed by atoms with E-state index in [1.54, 1.807) is 0 Å². The summed E-state index contributed by atoms with van der Waals surface area (Å²) in [5.41, 5.74) is 4.59. The van der Waals surface area contributed by atoms with Gasteiger partial charge in [-0.15, -0.1) is 0 Å². The second-order valence-electron chi connectivity index (χ2n) is 0.844. The summed E-state index contributed by atoms with van der Waals surface area (Å²) in [6, 6.07) is 0. The Labute approximate surface area is 41.4 Å². The van der Waals surface area contributed by atoms with Crippen molar-refractivity contribution in [1.29, 1.82) is 0 Å². The lowest BCUT2D eigenvalue weighted by atomic mass is 11.1. The van der Waals surface area contributed by atoms with Gasteiger partial charge >= 0.3 is 0 Å². The van der Waals surface area contributed by atoms with Gasteiger partial charge in [0.15, 0.2) is 0 Å². The van der Waals surface area contributed by atoms with Gasteiger partial charge in [-0.1, -0.05) is 0 Å². The molecule has 0 saturated heterocycles. The fourth-order valence-electron chi connectivity index (χ4n) is 0.0993. The van der Waals surface area contributed by atoms with E-state index >= 15 is 0 Å². The van der Waals surface area contributed by atoms with Gasteiger partial charge in [0.05, 0.1) is 5.41 Å². The van der Waals surface area contributed by atoms with Gasteiger partial charge < -0.3 is 5.73 Å². The largest absolute Gasteiger partial charge is 0.404 e. The molecule has 3 N–H and O–H groups in total. The molecule has 0 atom stereocenters. The average Bonchev–Trinajstić information content (AvgIpc) is 1.30. The minimum atomic E-state index is -3.98. The molecule has 5 heteroatoms. The Morgan fingerprint density at radius 3 is 2.00 bits per heavy atom. The normalized spacial score (nSPS) is 12.7. The number of nitrogens with two attached hydrogens (primary N) is 1. The van der Waals surface area contributed by atoms with Gasteiger partial charge in [-0.25, -0.2) is 0 Å². The van der Waals surface area contributed by atoms with Crippen molar-refractivity contribution < 1.29 is 13.0 Å². The van der Waals surface area contributed by atoms with E-state index in [0.29, 0.717) is 5.41 Å². The topological polar surface area (TPSA) is 80.4 Å². The zero-order valence-electron chi connectivity index (χ0n) is 3.40. The molecule has 0 unspecified atom stereocenters. The summed E-state index contributed by atoms with van der Waals surface area (Å²) in [5, 5.41) is 0.493. The molecule has 0 radical (unpaired) electrons. The summed E-state index contributed by atoms with van der Waals surface area (Å²) in [7, 11) is -3.98. The van der Waals surface area contributed by atoms with Gasteiger partial charge in [0, 0.05) is 6.20 Å². The summed E-state index contributed by atoms with van der Waals surface area (Å²) in [4.78, 5) is 0. The minimum absolute atomic E-state index is 0.493. The zero-order chi connectivity index (χ0) is 5.91. The predicted molar refractivity (Wildman–Crippen MR) is 24.9 cm³/mol. The molecule has 4 nitrogen and oxygen atoms in total. The van der Waals surface area contributed by atoms with Crippen LogP contribution >= 0.6 is 0 Å². The lowest BCUT2D eigenvalue weighted by Gasteiger charge is -1.76. The van der Waals surface area contributed by atoms with Crippen LogP contribution < -0.4 is 5.73 Å². The summed E-state index contributed by atoms with van der Waals surface area (Å²) >= 11 is 0. The highest BCUT2D eigenvalue weighted by Gasteiger charge is 1.90. The van der Waals surface area contributed by atoms with E-state index in [-0.39, 0.29) is 0 Å². The Bertz CT molecular complexity index is 156. The molecule has 0 spiro atoms. The first kappa shape index (κ1) is 6.45. The number of rotatable bonds is 1. The molecule has 0 saturated carbocycles. The van der Waals surface area contributed by atoms with Crippen LogP contribution in [0.5, 0.6) is 0 Å². The van der Waals surface area contributed by atoms with E-state index in [0.717, 1.165) is 6.20 Å². The molecule has 0 aliphatic carbocycles.